The Hall–Kier alpha value is -0.330. The zero-order valence-electron chi connectivity index (χ0n) is 8.11. The van der Waals surface area contributed by atoms with E-state index in [0.29, 0.717) is 0 Å². The first-order valence-electron chi connectivity index (χ1n) is 4.33. The molecular formula is C10H13IO3. The van der Waals surface area contributed by atoms with Crippen LogP contribution in [0.5, 0.6) is 5.75 Å². The number of aliphatic hydroxyl groups excluding tert-OH is 1. The van der Waals surface area contributed by atoms with Crippen LogP contribution in [0.15, 0.2) is 24.3 Å². The van der Waals surface area contributed by atoms with Crippen molar-refractivity contribution >= 4 is 22.6 Å². The minimum Gasteiger partial charge on any atom is -0.465 e. The van der Waals surface area contributed by atoms with Gasteiger partial charge in [-0.2, -0.15) is 0 Å². The molecule has 0 aromatic heterocycles. The van der Waals surface area contributed by atoms with Crippen LogP contribution in [0.1, 0.15) is 13.8 Å². The Morgan fingerprint density at radius 1 is 1.21 bits per heavy atom. The van der Waals surface area contributed by atoms with Gasteiger partial charge < -0.3 is 14.6 Å². The summed E-state index contributed by atoms with van der Waals surface area (Å²) in [4.78, 5) is 0. The second-order valence-electron chi connectivity index (χ2n) is 2.87. The Balaban J connectivity index is 2.47. The highest BCUT2D eigenvalue weighted by Crippen LogP contribution is 2.15. The second kappa shape index (κ2) is 5.53. The molecule has 0 aliphatic rings. The van der Waals surface area contributed by atoms with Crippen LogP contribution in [0.25, 0.3) is 0 Å². The maximum Gasteiger partial charge on any atom is 0.199 e. The van der Waals surface area contributed by atoms with E-state index < -0.39 is 12.6 Å². The van der Waals surface area contributed by atoms with Gasteiger partial charge in [0.25, 0.3) is 0 Å². The van der Waals surface area contributed by atoms with Gasteiger partial charge in [0.1, 0.15) is 5.75 Å². The molecule has 4 heteroatoms. The van der Waals surface area contributed by atoms with Gasteiger partial charge >= 0.3 is 0 Å². The number of ether oxygens (including phenoxy) is 2. The third-order valence-corrected chi connectivity index (χ3v) is 2.22. The predicted molar refractivity (Wildman–Crippen MR) is 62.0 cm³/mol. The van der Waals surface area contributed by atoms with Crippen molar-refractivity contribution < 1.29 is 14.6 Å². The minimum atomic E-state index is -0.811. The predicted octanol–water partition coefficient (Wildman–Crippen LogP) is 2.37. The zero-order chi connectivity index (χ0) is 10.6. The van der Waals surface area contributed by atoms with Crippen molar-refractivity contribution in [2.45, 2.75) is 26.4 Å². The van der Waals surface area contributed by atoms with Crippen molar-refractivity contribution in [1.29, 1.82) is 0 Å². The summed E-state index contributed by atoms with van der Waals surface area (Å²) in [5.41, 5.74) is 0. The largest absolute Gasteiger partial charge is 0.465 e. The molecule has 0 saturated heterocycles. The van der Waals surface area contributed by atoms with E-state index in [2.05, 4.69) is 22.6 Å². The lowest BCUT2D eigenvalue weighted by Crippen LogP contribution is -2.21. The summed E-state index contributed by atoms with van der Waals surface area (Å²) in [5.74, 6) is 0.735. The van der Waals surface area contributed by atoms with E-state index >= 15 is 0 Å². The monoisotopic (exact) mass is 308 g/mol. The lowest BCUT2D eigenvalue weighted by molar-refractivity contribution is -0.179. The van der Waals surface area contributed by atoms with Crippen LogP contribution < -0.4 is 4.74 Å². The standard InChI is InChI=1S/C10H13IO3/c1-7(12)13-8(2)14-10-5-3-9(11)4-6-10/h3-8,12H,1-2H3. The van der Waals surface area contributed by atoms with Gasteiger partial charge in [-0.05, 0) is 60.7 Å². The van der Waals surface area contributed by atoms with E-state index in [9.17, 15) is 0 Å². The van der Waals surface area contributed by atoms with Gasteiger partial charge in [-0.25, -0.2) is 0 Å². The van der Waals surface area contributed by atoms with E-state index in [4.69, 9.17) is 14.6 Å². The summed E-state index contributed by atoms with van der Waals surface area (Å²) >= 11 is 2.22. The molecule has 1 aromatic carbocycles. The number of hydrogen-bond acceptors (Lipinski definition) is 3. The van der Waals surface area contributed by atoms with Gasteiger partial charge in [-0.1, -0.05) is 0 Å². The van der Waals surface area contributed by atoms with Crippen LogP contribution in [0, 0.1) is 3.57 Å². The highest BCUT2D eigenvalue weighted by molar-refractivity contribution is 14.1. The first-order valence-corrected chi connectivity index (χ1v) is 5.41. The third kappa shape index (κ3) is 4.26. The van der Waals surface area contributed by atoms with Crippen molar-refractivity contribution in [3.05, 3.63) is 27.8 Å². The van der Waals surface area contributed by atoms with Crippen molar-refractivity contribution in [3.8, 4) is 5.75 Å². The molecule has 1 N–H and O–H groups in total. The first-order chi connectivity index (χ1) is 6.58. The number of benzene rings is 1. The van der Waals surface area contributed by atoms with E-state index in [-0.39, 0.29) is 0 Å². The van der Waals surface area contributed by atoms with Crippen molar-refractivity contribution in [1.82, 2.24) is 0 Å². The van der Waals surface area contributed by atoms with Crippen LogP contribution in [0.3, 0.4) is 0 Å². The van der Waals surface area contributed by atoms with Gasteiger partial charge in [0.05, 0.1) is 0 Å². The molecule has 3 nitrogen and oxygen atoms in total. The SMILES string of the molecule is CC(O)OC(C)Oc1ccc(I)cc1. The fourth-order valence-corrected chi connectivity index (χ4v) is 1.37. The highest BCUT2D eigenvalue weighted by atomic mass is 127. The molecular weight excluding hydrogens is 295 g/mol. The molecule has 78 valence electrons. The number of hydrogen-bond donors (Lipinski definition) is 1. The Morgan fingerprint density at radius 3 is 2.29 bits per heavy atom. The van der Waals surface area contributed by atoms with E-state index in [1.54, 1.807) is 13.8 Å². The zero-order valence-corrected chi connectivity index (χ0v) is 10.3. The summed E-state index contributed by atoms with van der Waals surface area (Å²) in [6.07, 6.45) is -1.26. The summed E-state index contributed by atoms with van der Waals surface area (Å²) < 4.78 is 11.6. The molecule has 0 saturated carbocycles. The minimum absolute atomic E-state index is 0.449. The van der Waals surface area contributed by atoms with Gasteiger partial charge in [-0.3, -0.25) is 0 Å². The van der Waals surface area contributed by atoms with Crippen molar-refractivity contribution in [3.63, 3.8) is 0 Å². The normalized spacial score (nSPS) is 14.9. The molecule has 0 heterocycles. The number of aliphatic hydroxyl groups is 1. The van der Waals surface area contributed by atoms with E-state index in [1.807, 2.05) is 24.3 Å². The first kappa shape index (κ1) is 11.7. The van der Waals surface area contributed by atoms with Crippen LogP contribution in [-0.2, 0) is 4.74 Å². The molecule has 0 spiro atoms. The third-order valence-electron chi connectivity index (χ3n) is 1.50. The van der Waals surface area contributed by atoms with Gasteiger partial charge in [0, 0.05) is 3.57 Å². The van der Waals surface area contributed by atoms with Crippen molar-refractivity contribution in [2.75, 3.05) is 0 Å². The lowest BCUT2D eigenvalue weighted by atomic mass is 10.3. The summed E-state index contributed by atoms with van der Waals surface area (Å²) in [6, 6.07) is 7.63. The lowest BCUT2D eigenvalue weighted by Gasteiger charge is -2.16. The Labute approximate surface area is 97.2 Å². The van der Waals surface area contributed by atoms with Crippen LogP contribution in [0.4, 0.5) is 0 Å². The molecule has 14 heavy (non-hydrogen) atoms. The Kier molecular flexibility index (Phi) is 4.64. The fourth-order valence-electron chi connectivity index (χ4n) is 1.01. The summed E-state index contributed by atoms with van der Waals surface area (Å²) in [5, 5.41) is 8.94. The van der Waals surface area contributed by atoms with Crippen LogP contribution in [-0.4, -0.2) is 17.7 Å². The summed E-state index contributed by atoms with van der Waals surface area (Å²) in [6.45, 7) is 3.29. The topological polar surface area (TPSA) is 38.7 Å². The Bertz CT molecular complexity index is 271. The van der Waals surface area contributed by atoms with Crippen molar-refractivity contribution in [2.24, 2.45) is 0 Å². The molecule has 1 rings (SSSR count). The average molecular weight is 308 g/mol. The van der Waals surface area contributed by atoms with Gasteiger partial charge in [0.15, 0.2) is 12.6 Å². The molecule has 0 fully saturated rings. The average Bonchev–Trinajstić information content (AvgIpc) is 2.07. The van der Waals surface area contributed by atoms with Crippen LogP contribution in [0.2, 0.25) is 0 Å². The van der Waals surface area contributed by atoms with Gasteiger partial charge in [0.2, 0.25) is 0 Å². The number of halogens is 1. The number of rotatable bonds is 4. The quantitative estimate of drug-likeness (QED) is 0.685. The second-order valence-corrected chi connectivity index (χ2v) is 4.12. The molecule has 0 aliphatic carbocycles. The summed E-state index contributed by atoms with van der Waals surface area (Å²) in [7, 11) is 0. The fraction of sp³-hybridized carbons (Fsp3) is 0.400. The molecule has 1 aromatic rings. The molecule has 0 aliphatic heterocycles. The van der Waals surface area contributed by atoms with Gasteiger partial charge in [-0.15, -0.1) is 0 Å². The highest BCUT2D eigenvalue weighted by Gasteiger charge is 2.06. The van der Waals surface area contributed by atoms with Crippen LogP contribution >= 0.6 is 22.6 Å². The molecule has 2 atom stereocenters. The maximum atomic E-state index is 8.94. The molecule has 0 amide bonds. The Morgan fingerprint density at radius 2 is 1.79 bits per heavy atom. The van der Waals surface area contributed by atoms with E-state index in [1.165, 1.54) is 0 Å². The smallest absolute Gasteiger partial charge is 0.199 e. The molecule has 0 radical (unpaired) electrons. The molecule has 0 bridgehead atoms. The van der Waals surface area contributed by atoms with E-state index in [0.717, 1.165) is 9.32 Å². The molecule has 2 unspecified atom stereocenters. The maximum absolute atomic E-state index is 8.94.